The van der Waals surface area contributed by atoms with Crippen molar-refractivity contribution in [1.29, 1.82) is 0 Å². The Morgan fingerprint density at radius 1 is 1.09 bits per heavy atom. The minimum atomic E-state index is -1.32. The largest absolute Gasteiger partial charge is 0.481 e. The van der Waals surface area contributed by atoms with Gasteiger partial charge in [0.25, 0.3) is 5.91 Å². The van der Waals surface area contributed by atoms with Gasteiger partial charge in [-0.05, 0) is 62.4 Å². The number of aromatic nitrogens is 4. The number of rotatable bonds is 11. The summed E-state index contributed by atoms with van der Waals surface area (Å²) in [5, 5.41) is 22.9. The fourth-order valence-corrected chi connectivity index (χ4v) is 4.55. The zero-order valence-corrected chi connectivity index (χ0v) is 24.1. The van der Waals surface area contributed by atoms with E-state index in [4.69, 9.17) is 15.6 Å². The van der Waals surface area contributed by atoms with Crippen molar-refractivity contribution >= 4 is 52.6 Å². The third-order valence-electron chi connectivity index (χ3n) is 6.89. The van der Waals surface area contributed by atoms with Gasteiger partial charge in [0, 0.05) is 24.7 Å². The number of hydrogen-bond acceptors (Lipinski definition) is 11. The van der Waals surface area contributed by atoms with Crippen LogP contribution in [0, 0.1) is 0 Å². The lowest BCUT2D eigenvalue weighted by atomic mass is 10.0. The molecule has 0 saturated carbocycles. The van der Waals surface area contributed by atoms with E-state index in [-0.39, 0.29) is 47.4 Å². The van der Waals surface area contributed by atoms with Crippen LogP contribution in [0.1, 0.15) is 61.0 Å². The van der Waals surface area contributed by atoms with Gasteiger partial charge in [-0.1, -0.05) is 12.5 Å². The van der Waals surface area contributed by atoms with E-state index >= 15 is 0 Å². The Kier molecular flexibility index (Phi) is 10.6. The number of nitrogens with one attached hydrogen (secondary N) is 2. The van der Waals surface area contributed by atoms with Crippen molar-refractivity contribution in [3.05, 3.63) is 53.9 Å². The molecule has 0 fully saturated rings. The maximum Gasteiger partial charge on any atom is 0.414 e. The number of hydrogen-bond donors (Lipinski definition) is 5. The Morgan fingerprint density at radius 2 is 1.86 bits per heavy atom. The molecule has 2 amide bonds. The molecule has 3 aromatic rings. The quantitative estimate of drug-likeness (QED) is 0.198. The van der Waals surface area contributed by atoms with Crippen molar-refractivity contribution < 1.29 is 34.1 Å². The van der Waals surface area contributed by atoms with Crippen molar-refractivity contribution in [3.8, 4) is 0 Å². The van der Waals surface area contributed by atoms with Gasteiger partial charge in [0.05, 0.1) is 18.4 Å². The molecule has 1 aliphatic carbocycles. The second-order valence-corrected chi connectivity index (χ2v) is 10.3. The predicted molar refractivity (Wildman–Crippen MR) is 160 cm³/mol. The van der Waals surface area contributed by atoms with Crippen LogP contribution in [0.2, 0.25) is 0 Å². The van der Waals surface area contributed by atoms with Gasteiger partial charge in [-0.25, -0.2) is 19.6 Å². The average Bonchev–Trinajstić information content (AvgIpc) is 2.96. The summed E-state index contributed by atoms with van der Waals surface area (Å²) in [5.41, 5.74) is 8.08. The van der Waals surface area contributed by atoms with Crippen molar-refractivity contribution in [1.82, 2.24) is 25.3 Å². The molecule has 2 heterocycles. The van der Waals surface area contributed by atoms with E-state index in [0.717, 1.165) is 37.8 Å². The van der Waals surface area contributed by atoms with Crippen LogP contribution in [0.3, 0.4) is 0 Å². The normalized spacial score (nSPS) is 16.2. The lowest BCUT2D eigenvalue weighted by molar-refractivity contribution is -0.140. The number of nitrogen functional groups attached to an aromatic ring is 1. The molecule has 0 radical (unpaired) electrons. The molecule has 2 aromatic heterocycles. The van der Waals surface area contributed by atoms with Crippen LogP contribution in [0.25, 0.3) is 11.2 Å². The molecule has 0 bridgehead atoms. The number of ether oxygens (including phenoxy) is 1. The second-order valence-electron chi connectivity index (χ2n) is 10.3. The van der Waals surface area contributed by atoms with Gasteiger partial charge >= 0.3 is 18.0 Å². The highest BCUT2D eigenvalue weighted by atomic mass is 16.6. The van der Waals surface area contributed by atoms with Gasteiger partial charge in [-0.2, -0.15) is 9.97 Å². The number of carbonyl (C=O) groups excluding carboxylic acids is 2. The Bertz CT molecular complexity index is 1550. The van der Waals surface area contributed by atoms with E-state index in [1.54, 1.807) is 19.2 Å². The monoisotopic (exact) mass is 606 g/mol. The molecular weight excluding hydrogens is 572 g/mol. The summed E-state index contributed by atoms with van der Waals surface area (Å²) < 4.78 is 5.49. The van der Waals surface area contributed by atoms with Crippen LogP contribution in [0.4, 0.5) is 22.2 Å². The van der Waals surface area contributed by atoms with Gasteiger partial charge in [0.2, 0.25) is 5.95 Å². The Labute approximate surface area is 252 Å². The molecule has 0 aliphatic heterocycles. The third-order valence-corrected chi connectivity index (χ3v) is 6.89. The summed E-state index contributed by atoms with van der Waals surface area (Å²) in [6, 6.07) is 5.09. The lowest BCUT2D eigenvalue weighted by Crippen LogP contribution is -2.41. The number of anilines is 3. The number of amides is 2. The molecule has 1 unspecified atom stereocenters. The number of carboxylic acid groups (broad SMARTS) is 2. The molecule has 1 aliphatic rings. The first-order valence-electron chi connectivity index (χ1n) is 14.1. The summed E-state index contributed by atoms with van der Waals surface area (Å²) in [6.07, 6.45) is 8.72. The highest BCUT2D eigenvalue weighted by Gasteiger charge is 2.22. The average molecular weight is 607 g/mol. The molecule has 44 heavy (non-hydrogen) atoms. The van der Waals surface area contributed by atoms with Gasteiger partial charge in [0.1, 0.15) is 12.1 Å². The number of nitrogens with two attached hydrogens (primary N) is 1. The van der Waals surface area contributed by atoms with Gasteiger partial charge < -0.3 is 30.9 Å². The van der Waals surface area contributed by atoms with Crippen LogP contribution in [0.5, 0.6) is 0 Å². The van der Waals surface area contributed by atoms with Crippen LogP contribution in [-0.4, -0.2) is 73.3 Å². The van der Waals surface area contributed by atoms with Crippen LogP contribution in [-0.2, 0) is 20.9 Å². The first kappa shape index (κ1) is 31.6. The number of aliphatic carboxylic acids is 2. The molecule has 1 aromatic carbocycles. The molecule has 15 nitrogen and oxygen atoms in total. The zero-order chi connectivity index (χ0) is 31.6. The van der Waals surface area contributed by atoms with E-state index in [2.05, 4.69) is 30.6 Å². The van der Waals surface area contributed by atoms with Crippen molar-refractivity contribution in [2.75, 3.05) is 23.0 Å². The summed E-state index contributed by atoms with van der Waals surface area (Å²) >= 11 is 0. The minimum Gasteiger partial charge on any atom is -0.481 e. The van der Waals surface area contributed by atoms with Crippen molar-refractivity contribution in [3.63, 3.8) is 0 Å². The molecule has 4 rings (SSSR count). The molecule has 0 spiro atoms. The molecule has 6 N–H and O–H groups in total. The molecule has 0 saturated heterocycles. The maximum absolute atomic E-state index is 12.5. The smallest absolute Gasteiger partial charge is 0.414 e. The summed E-state index contributed by atoms with van der Waals surface area (Å²) in [7, 11) is 1.80. The highest BCUT2D eigenvalue weighted by molar-refractivity contribution is 5.97. The number of allylic oxidation sites excluding steroid dienone is 1. The van der Waals surface area contributed by atoms with E-state index in [0.29, 0.717) is 12.2 Å². The topological polar surface area (TPSA) is 223 Å². The van der Waals surface area contributed by atoms with Gasteiger partial charge in [-0.3, -0.25) is 14.9 Å². The highest BCUT2D eigenvalue weighted by Crippen LogP contribution is 2.20. The molecule has 2 atom stereocenters. The predicted octanol–water partition coefficient (Wildman–Crippen LogP) is 3.12. The second kappa shape index (κ2) is 14.7. The van der Waals surface area contributed by atoms with Crippen LogP contribution in [0.15, 0.2) is 42.6 Å². The molecular formula is C29H34N8O7. The fraction of sp³-hybridized carbons (Fsp3) is 0.379. The minimum absolute atomic E-state index is 0.0338. The number of benzene rings is 1. The third kappa shape index (κ3) is 8.83. The van der Waals surface area contributed by atoms with E-state index in [1.165, 1.54) is 18.3 Å². The zero-order valence-electron chi connectivity index (χ0n) is 24.1. The van der Waals surface area contributed by atoms with Crippen molar-refractivity contribution in [2.45, 2.75) is 63.6 Å². The van der Waals surface area contributed by atoms with Crippen molar-refractivity contribution in [2.24, 2.45) is 0 Å². The first-order valence-corrected chi connectivity index (χ1v) is 14.1. The van der Waals surface area contributed by atoms with Crippen LogP contribution < -0.4 is 21.3 Å². The Balaban J connectivity index is 1.37. The van der Waals surface area contributed by atoms with E-state index < -0.39 is 30.0 Å². The number of carbonyl (C=O) groups is 4. The SMILES string of the molecule is CN(Cc1cnc2nc(NC(=O)OC3/C=C/CCCCC3)nc(N)c2n1)c1ccc(C(=O)N[C@@H](CCC(=O)O)C(=O)O)cc1. The van der Waals surface area contributed by atoms with Gasteiger partial charge in [0.15, 0.2) is 17.0 Å². The lowest BCUT2D eigenvalue weighted by Gasteiger charge is -2.19. The van der Waals surface area contributed by atoms with E-state index in [9.17, 15) is 24.3 Å². The number of carboxylic acids is 2. The van der Waals surface area contributed by atoms with Gasteiger partial charge in [-0.15, -0.1) is 0 Å². The standard InChI is InChI=1S/C29H34N8O7/c1-37(19-11-9-17(10-12-19)26(40)33-21(27(41)42)13-14-22(38)39)16-18-15-31-25-23(32-18)24(30)34-28(35-25)36-29(43)44-20-7-5-3-2-4-6-8-20/h5,7,9-12,15,20-21H,2-4,6,8,13-14,16H2,1H3,(H,33,40)(H,38,39)(H,41,42)(H3,30,31,34,35,36,43)/b7-5+/t20?,21-/m0/s1. The summed E-state index contributed by atoms with van der Waals surface area (Å²) in [4.78, 5) is 66.2. The summed E-state index contributed by atoms with van der Waals surface area (Å²) in [6.45, 7) is 0.311. The Morgan fingerprint density at radius 3 is 2.59 bits per heavy atom. The molecule has 232 valence electrons. The first-order chi connectivity index (χ1) is 21.1. The fourth-order valence-electron chi connectivity index (χ4n) is 4.55. The molecule has 15 heteroatoms. The Hall–Kier alpha value is -5.34. The maximum atomic E-state index is 12.5. The van der Waals surface area contributed by atoms with Crippen LogP contribution >= 0.6 is 0 Å². The van der Waals surface area contributed by atoms with E-state index in [1.807, 2.05) is 17.1 Å². The number of fused-ring (bicyclic) bond motifs is 1. The summed E-state index contributed by atoms with van der Waals surface area (Å²) in [5.74, 6) is -3.11. The number of nitrogens with zero attached hydrogens (tertiary/aromatic N) is 5.